The molecule has 2 rings (SSSR count). The molecule has 0 aliphatic carbocycles. The lowest BCUT2D eigenvalue weighted by Gasteiger charge is -2.18. The lowest BCUT2D eigenvalue weighted by atomic mass is 10.00. The van der Waals surface area contributed by atoms with E-state index in [0.717, 1.165) is 11.3 Å². The first-order valence-electron chi connectivity index (χ1n) is 6.78. The van der Waals surface area contributed by atoms with Gasteiger partial charge in [-0.25, -0.2) is 0 Å². The summed E-state index contributed by atoms with van der Waals surface area (Å²) in [5, 5.41) is 29.3. The molecule has 0 radical (unpaired) electrons. The summed E-state index contributed by atoms with van der Waals surface area (Å²) >= 11 is 0. The van der Waals surface area contributed by atoms with Crippen molar-refractivity contribution >= 4 is 5.91 Å². The SMILES string of the molecule is CC(=O)NCCC(O)C(O)c1ccc(-c2ccn[nH]2)cc1. The van der Waals surface area contributed by atoms with E-state index in [1.165, 1.54) is 6.92 Å². The summed E-state index contributed by atoms with van der Waals surface area (Å²) in [6.07, 6.45) is 0.0665. The quantitative estimate of drug-likeness (QED) is 0.637. The highest BCUT2D eigenvalue weighted by Crippen LogP contribution is 2.22. The first-order chi connectivity index (χ1) is 10.1. The van der Waals surface area contributed by atoms with Crippen LogP contribution < -0.4 is 5.32 Å². The van der Waals surface area contributed by atoms with Gasteiger partial charge in [0.25, 0.3) is 0 Å². The predicted octanol–water partition coefficient (Wildman–Crippen LogP) is 0.997. The van der Waals surface area contributed by atoms with Gasteiger partial charge in [0.15, 0.2) is 0 Å². The van der Waals surface area contributed by atoms with Gasteiger partial charge in [0.2, 0.25) is 5.91 Å². The van der Waals surface area contributed by atoms with Crippen LogP contribution in [0.15, 0.2) is 36.5 Å². The summed E-state index contributed by atoms with van der Waals surface area (Å²) in [6.45, 7) is 1.75. The summed E-state index contributed by atoms with van der Waals surface area (Å²) in [5.41, 5.74) is 2.48. The predicted molar refractivity (Wildman–Crippen MR) is 78.3 cm³/mol. The summed E-state index contributed by atoms with van der Waals surface area (Å²) in [7, 11) is 0. The molecular formula is C15H19N3O3. The van der Waals surface area contributed by atoms with Gasteiger partial charge in [0.05, 0.1) is 11.8 Å². The van der Waals surface area contributed by atoms with E-state index in [-0.39, 0.29) is 5.91 Å². The van der Waals surface area contributed by atoms with E-state index in [0.29, 0.717) is 18.5 Å². The standard InChI is InChI=1S/C15H19N3O3/c1-10(19)16-8-7-14(20)15(21)12-4-2-11(3-5-12)13-6-9-17-18-13/h2-6,9,14-15,20-21H,7-8H2,1H3,(H,16,19)(H,17,18). The lowest BCUT2D eigenvalue weighted by Crippen LogP contribution is -2.27. The maximum Gasteiger partial charge on any atom is 0.216 e. The van der Waals surface area contributed by atoms with Crippen molar-refractivity contribution in [3.8, 4) is 11.3 Å². The second-order valence-electron chi connectivity index (χ2n) is 4.88. The Labute approximate surface area is 122 Å². The van der Waals surface area contributed by atoms with Gasteiger partial charge in [-0.3, -0.25) is 9.89 Å². The minimum absolute atomic E-state index is 0.152. The van der Waals surface area contributed by atoms with Gasteiger partial charge >= 0.3 is 0 Å². The Hall–Kier alpha value is -2.18. The second kappa shape index (κ2) is 7.01. The monoisotopic (exact) mass is 289 g/mol. The Bertz CT molecular complexity index is 566. The molecule has 4 N–H and O–H groups in total. The fourth-order valence-electron chi connectivity index (χ4n) is 2.05. The number of H-pyrrole nitrogens is 1. The van der Waals surface area contributed by atoms with E-state index in [4.69, 9.17) is 0 Å². The maximum absolute atomic E-state index is 10.8. The first kappa shape index (κ1) is 15.2. The van der Waals surface area contributed by atoms with Crippen LogP contribution >= 0.6 is 0 Å². The number of hydrogen-bond donors (Lipinski definition) is 4. The number of nitrogens with zero attached hydrogens (tertiary/aromatic N) is 1. The molecule has 1 aromatic heterocycles. The largest absolute Gasteiger partial charge is 0.390 e. The van der Waals surface area contributed by atoms with Crippen LogP contribution in [0.3, 0.4) is 0 Å². The molecular weight excluding hydrogens is 270 g/mol. The number of carbonyl (C=O) groups is 1. The molecule has 1 amide bonds. The molecule has 0 bridgehead atoms. The average molecular weight is 289 g/mol. The fraction of sp³-hybridized carbons (Fsp3) is 0.333. The minimum atomic E-state index is -0.977. The highest BCUT2D eigenvalue weighted by Gasteiger charge is 2.18. The van der Waals surface area contributed by atoms with Crippen LogP contribution in [-0.4, -0.2) is 39.0 Å². The Morgan fingerprint density at radius 2 is 2.00 bits per heavy atom. The molecule has 21 heavy (non-hydrogen) atoms. The van der Waals surface area contributed by atoms with Gasteiger partial charge in [-0.1, -0.05) is 24.3 Å². The maximum atomic E-state index is 10.8. The summed E-state index contributed by atoms with van der Waals surface area (Å²) in [5.74, 6) is -0.152. The third-order valence-electron chi connectivity index (χ3n) is 3.24. The molecule has 1 heterocycles. The average Bonchev–Trinajstić information content (AvgIpc) is 3.00. The van der Waals surface area contributed by atoms with Crippen LogP contribution in [-0.2, 0) is 4.79 Å². The number of aromatic nitrogens is 2. The lowest BCUT2D eigenvalue weighted by molar-refractivity contribution is -0.119. The number of hydrogen-bond acceptors (Lipinski definition) is 4. The van der Waals surface area contributed by atoms with E-state index in [2.05, 4.69) is 15.5 Å². The minimum Gasteiger partial charge on any atom is -0.390 e. The van der Waals surface area contributed by atoms with Gasteiger partial charge in [-0.2, -0.15) is 5.10 Å². The van der Waals surface area contributed by atoms with Crippen molar-refractivity contribution in [2.45, 2.75) is 25.6 Å². The first-order valence-corrected chi connectivity index (χ1v) is 6.78. The number of aromatic amines is 1. The molecule has 6 heteroatoms. The molecule has 6 nitrogen and oxygen atoms in total. The zero-order valence-electron chi connectivity index (χ0n) is 11.8. The second-order valence-corrected chi connectivity index (χ2v) is 4.88. The number of amides is 1. The number of benzene rings is 1. The summed E-state index contributed by atoms with van der Waals surface area (Å²) in [6, 6.07) is 9.10. The summed E-state index contributed by atoms with van der Waals surface area (Å²) in [4.78, 5) is 10.8. The molecule has 0 saturated carbocycles. The normalized spacial score (nSPS) is 13.7. The topological polar surface area (TPSA) is 98.2 Å². The zero-order chi connectivity index (χ0) is 15.2. The van der Waals surface area contributed by atoms with Crippen LogP contribution in [0.4, 0.5) is 0 Å². The van der Waals surface area contributed by atoms with E-state index < -0.39 is 12.2 Å². The van der Waals surface area contributed by atoms with Crippen LogP contribution in [0.5, 0.6) is 0 Å². The Balaban J connectivity index is 1.96. The van der Waals surface area contributed by atoms with Crippen molar-refractivity contribution in [3.63, 3.8) is 0 Å². The number of rotatable bonds is 6. The van der Waals surface area contributed by atoms with Crippen LogP contribution in [0, 0.1) is 0 Å². The third kappa shape index (κ3) is 4.14. The van der Waals surface area contributed by atoms with Crippen molar-refractivity contribution in [3.05, 3.63) is 42.1 Å². The van der Waals surface area contributed by atoms with E-state index in [1.807, 2.05) is 18.2 Å². The zero-order valence-corrected chi connectivity index (χ0v) is 11.8. The van der Waals surface area contributed by atoms with E-state index in [1.54, 1.807) is 18.3 Å². The van der Waals surface area contributed by atoms with Gasteiger partial charge in [0, 0.05) is 19.7 Å². The summed E-state index contributed by atoms with van der Waals surface area (Å²) < 4.78 is 0. The number of aliphatic hydroxyl groups excluding tert-OH is 2. The number of carbonyl (C=O) groups excluding carboxylic acids is 1. The molecule has 2 aromatic rings. The van der Waals surface area contributed by atoms with Crippen molar-refractivity contribution < 1.29 is 15.0 Å². The van der Waals surface area contributed by atoms with Crippen LogP contribution in [0.2, 0.25) is 0 Å². The highest BCUT2D eigenvalue weighted by atomic mass is 16.3. The molecule has 2 unspecified atom stereocenters. The Morgan fingerprint density at radius 3 is 2.57 bits per heavy atom. The Kier molecular flexibility index (Phi) is 5.08. The van der Waals surface area contributed by atoms with Gasteiger partial charge in [0.1, 0.15) is 6.10 Å². The van der Waals surface area contributed by atoms with Crippen molar-refractivity contribution in [2.24, 2.45) is 0 Å². The van der Waals surface area contributed by atoms with Gasteiger partial charge < -0.3 is 15.5 Å². The fourth-order valence-corrected chi connectivity index (χ4v) is 2.05. The van der Waals surface area contributed by atoms with Crippen LogP contribution in [0.25, 0.3) is 11.3 Å². The molecule has 1 aromatic carbocycles. The van der Waals surface area contributed by atoms with Crippen molar-refractivity contribution in [1.29, 1.82) is 0 Å². The molecule has 0 aliphatic heterocycles. The molecule has 0 aliphatic rings. The number of aliphatic hydroxyl groups is 2. The molecule has 112 valence electrons. The van der Waals surface area contributed by atoms with Crippen molar-refractivity contribution in [2.75, 3.05) is 6.54 Å². The number of nitrogens with one attached hydrogen (secondary N) is 2. The highest BCUT2D eigenvalue weighted by molar-refractivity contribution is 5.72. The third-order valence-corrected chi connectivity index (χ3v) is 3.24. The Morgan fingerprint density at radius 1 is 1.29 bits per heavy atom. The van der Waals surface area contributed by atoms with Gasteiger partial charge in [-0.05, 0) is 23.6 Å². The van der Waals surface area contributed by atoms with E-state index >= 15 is 0 Å². The molecule has 0 fully saturated rings. The molecule has 2 atom stereocenters. The van der Waals surface area contributed by atoms with E-state index in [9.17, 15) is 15.0 Å². The van der Waals surface area contributed by atoms with Gasteiger partial charge in [-0.15, -0.1) is 0 Å². The molecule has 0 spiro atoms. The van der Waals surface area contributed by atoms with Crippen molar-refractivity contribution in [1.82, 2.24) is 15.5 Å². The smallest absolute Gasteiger partial charge is 0.216 e. The molecule has 0 saturated heterocycles. The van der Waals surface area contributed by atoms with Crippen LogP contribution in [0.1, 0.15) is 25.0 Å².